The van der Waals surface area contributed by atoms with Crippen molar-refractivity contribution in [1.82, 2.24) is 9.97 Å². The second-order valence-corrected chi connectivity index (χ2v) is 5.20. The van der Waals surface area contributed by atoms with Gasteiger partial charge in [-0.25, -0.2) is 0 Å². The maximum atomic E-state index is 11.7. The first-order chi connectivity index (χ1) is 10.7. The maximum Gasteiger partial charge on any atom is 0.311 e. The maximum absolute atomic E-state index is 11.7. The van der Waals surface area contributed by atoms with Crippen LogP contribution >= 0.6 is 0 Å². The third kappa shape index (κ3) is 4.65. The molecule has 0 N–H and O–H groups in total. The van der Waals surface area contributed by atoms with Gasteiger partial charge in [-0.3, -0.25) is 14.8 Å². The first-order valence-electron chi connectivity index (χ1n) is 7.85. The van der Waals surface area contributed by atoms with Gasteiger partial charge in [0.25, 0.3) is 0 Å². The van der Waals surface area contributed by atoms with E-state index in [1.54, 1.807) is 24.5 Å². The smallest absolute Gasteiger partial charge is 0.311 e. The molecule has 0 aliphatic rings. The third-order valence-corrected chi connectivity index (χ3v) is 3.43. The van der Waals surface area contributed by atoms with E-state index in [9.17, 15) is 4.79 Å². The number of nitrogens with zero attached hydrogens (tertiary/aromatic N) is 2. The number of ether oxygens (including phenoxy) is 1. The Balaban J connectivity index is 1.96. The first-order valence-corrected chi connectivity index (χ1v) is 7.85. The summed E-state index contributed by atoms with van der Waals surface area (Å²) in [6.07, 6.45) is 7.94. The van der Waals surface area contributed by atoms with Gasteiger partial charge in [0, 0.05) is 18.2 Å². The van der Waals surface area contributed by atoms with Gasteiger partial charge in [-0.1, -0.05) is 26.7 Å². The molecular formula is C18H22N2O2. The molecule has 1 aromatic carbocycles. The monoisotopic (exact) mass is 298 g/mol. The second-order valence-electron chi connectivity index (χ2n) is 5.20. The van der Waals surface area contributed by atoms with Crippen LogP contribution in [-0.2, 0) is 11.2 Å². The van der Waals surface area contributed by atoms with Crippen molar-refractivity contribution in [2.45, 2.75) is 46.0 Å². The summed E-state index contributed by atoms with van der Waals surface area (Å²) in [7, 11) is 0. The summed E-state index contributed by atoms with van der Waals surface area (Å²) in [5.74, 6) is 0.400. The lowest BCUT2D eigenvalue weighted by molar-refractivity contribution is -0.134. The van der Waals surface area contributed by atoms with Crippen LogP contribution in [0.15, 0.2) is 36.7 Å². The molecule has 116 valence electrons. The van der Waals surface area contributed by atoms with Gasteiger partial charge in [-0.05, 0) is 37.1 Å². The highest BCUT2D eigenvalue weighted by molar-refractivity contribution is 5.72. The Morgan fingerprint density at radius 2 is 1.82 bits per heavy atom. The van der Waals surface area contributed by atoms with Crippen LogP contribution in [0.4, 0.5) is 0 Å². The molecule has 4 nitrogen and oxygen atoms in total. The number of rotatable bonds is 7. The molecule has 0 radical (unpaired) electrons. The lowest BCUT2D eigenvalue weighted by Gasteiger charge is -2.06. The summed E-state index contributed by atoms with van der Waals surface area (Å²) >= 11 is 0. The molecular weight excluding hydrogens is 276 g/mol. The van der Waals surface area contributed by atoms with Crippen LogP contribution in [0.2, 0.25) is 0 Å². The van der Waals surface area contributed by atoms with Crippen molar-refractivity contribution >= 4 is 5.97 Å². The number of hydrogen-bond donors (Lipinski definition) is 0. The number of carbonyl (C=O) groups excluding carboxylic acids is 1. The average molecular weight is 298 g/mol. The molecule has 0 bridgehead atoms. The molecule has 0 aliphatic heterocycles. The molecule has 1 aromatic heterocycles. The fraction of sp³-hybridized carbons (Fsp3) is 0.389. The zero-order valence-corrected chi connectivity index (χ0v) is 13.2. The van der Waals surface area contributed by atoms with Gasteiger partial charge in [0.15, 0.2) is 0 Å². The number of esters is 1. The van der Waals surface area contributed by atoms with Gasteiger partial charge >= 0.3 is 5.97 Å². The van der Waals surface area contributed by atoms with Crippen molar-refractivity contribution in [2.75, 3.05) is 0 Å². The van der Waals surface area contributed by atoms with Crippen molar-refractivity contribution in [3.8, 4) is 17.0 Å². The van der Waals surface area contributed by atoms with Crippen molar-refractivity contribution in [3.63, 3.8) is 0 Å². The van der Waals surface area contributed by atoms with E-state index < -0.39 is 0 Å². The highest BCUT2D eigenvalue weighted by Gasteiger charge is 2.06. The minimum atomic E-state index is -0.173. The van der Waals surface area contributed by atoms with E-state index in [0.29, 0.717) is 12.2 Å². The van der Waals surface area contributed by atoms with E-state index in [1.807, 2.05) is 19.1 Å². The van der Waals surface area contributed by atoms with Crippen LogP contribution in [0.5, 0.6) is 5.75 Å². The molecule has 2 aromatic rings. The van der Waals surface area contributed by atoms with Crippen LogP contribution in [0.1, 0.15) is 45.2 Å². The minimum Gasteiger partial charge on any atom is -0.427 e. The van der Waals surface area contributed by atoms with Crippen molar-refractivity contribution in [3.05, 3.63) is 42.4 Å². The lowest BCUT2D eigenvalue weighted by atomic mass is 10.1. The van der Waals surface area contributed by atoms with Gasteiger partial charge in [0.05, 0.1) is 17.6 Å². The van der Waals surface area contributed by atoms with E-state index in [2.05, 4.69) is 16.9 Å². The van der Waals surface area contributed by atoms with Crippen LogP contribution in [-0.4, -0.2) is 15.9 Å². The molecule has 22 heavy (non-hydrogen) atoms. The number of benzene rings is 1. The zero-order valence-electron chi connectivity index (χ0n) is 13.2. The minimum absolute atomic E-state index is 0.173. The summed E-state index contributed by atoms with van der Waals surface area (Å²) < 4.78 is 5.31. The number of unbranched alkanes of at least 4 members (excludes halogenated alkanes) is 2. The molecule has 0 saturated heterocycles. The molecule has 0 fully saturated rings. The van der Waals surface area contributed by atoms with Crippen molar-refractivity contribution in [1.29, 1.82) is 0 Å². The van der Waals surface area contributed by atoms with Crippen molar-refractivity contribution in [2.24, 2.45) is 0 Å². The number of aromatic nitrogens is 2. The molecule has 0 amide bonds. The lowest BCUT2D eigenvalue weighted by Crippen LogP contribution is -2.07. The molecule has 0 atom stereocenters. The Hall–Kier alpha value is -2.23. The predicted molar refractivity (Wildman–Crippen MR) is 86.6 cm³/mol. The molecule has 0 unspecified atom stereocenters. The summed E-state index contributed by atoms with van der Waals surface area (Å²) in [6.45, 7) is 4.16. The van der Waals surface area contributed by atoms with Gasteiger partial charge in [-0.2, -0.15) is 0 Å². The Labute approximate surface area is 131 Å². The molecule has 2 rings (SSSR count). The molecule has 0 saturated carbocycles. The normalized spacial score (nSPS) is 10.5. The van der Waals surface area contributed by atoms with Crippen LogP contribution in [0.3, 0.4) is 0 Å². The largest absolute Gasteiger partial charge is 0.427 e. The Morgan fingerprint density at radius 1 is 1.05 bits per heavy atom. The second kappa shape index (κ2) is 8.27. The highest BCUT2D eigenvalue weighted by atomic mass is 16.5. The van der Waals surface area contributed by atoms with E-state index in [-0.39, 0.29) is 5.97 Å². The molecule has 0 spiro atoms. The molecule has 4 heteroatoms. The van der Waals surface area contributed by atoms with Gasteiger partial charge < -0.3 is 4.74 Å². The van der Waals surface area contributed by atoms with Crippen LogP contribution in [0, 0.1) is 0 Å². The SMILES string of the molecule is CCCCCC(=O)Oc1ccc(-c2cnc(CC)cn2)cc1. The average Bonchev–Trinajstić information content (AvgIpc) is 2.56. The van der Waals surface area contributed by atoms with Gasteiger partial charge in [-0.15, -0.1) is 0 Å². The number of aryl methyl sites for hydroxylation is 1. The Kier molecular flexibility index (Phi) is 6.07. The van der Waals surface area contributed by atoms with Crippen LogP contribution in [0.25, 0.3) is 11.3 Å². The number of carbonyl (C=O) groups is 1. The van der Waals surface area contributed by atoms with Gasteiger partial charge in [0.1, 0.15) is 5.75 Å². The topological polar surface area (TPSA) is 52.1 Å². The quantitative estimate of drug-likeness (QED) is 0.437. The first kappa shape index (κ1) is 16.1. The van der Waals surface area contributed by atoms with Gasteiger partial charge in [0.2, 0.25) is 0 Å². The Bertz CT molecular complexity index is 591. The van der Waals surface area contributed by atoms with E-state index >= 15 is 0 Å². The third-order valence-electron chi connectivity index (χ3n) is 3.43. The summed E-state index contributed by atoms with van der Waals surface area (Å²) in [4.78, 5) is 20.4. The summed E-state index contributed by atoms with van der Waals surface area (Å²) in [5, 5.41) is 0. The number of hydrogen-bond acceptors (Lipinski definition) is 4. The fourth-order valence-corrected chi connectivity index (χ4v) is 2.08. The van der Waals surface area contributed by atoms with E-state index in [0.717, 1.165) is 42.6 Å². The standard InChI is InChI=1S/C18H22N2O2/c1-3-5-6-7-18(21)22-16-10-8-14(9-11-16)17-13-19-15(4-2)12-20-17/h8-13H,3-7H2,1-2H3. The fourth-order valence-electron chi connectivity index (χ4n) is 2.08. The van der Waals surface area contributed by atoms with E-state index in [4.69, 9.17) is 4.74 Å². The van der Waals surface area contributed by atoms with Crippen molar-refractivity contribution < 1.29 is 9.53 Å². The Morgan fingerprint density at radius 3 is 2.41 bits per heavy atom. The van der Waals surface area contributed by atoms with E-state index in [1.165, 1.54) is 0 Å². The molecule has 1 heterocycles. The zero-order chi connectivity index (χ0) is 15.8. The highest BCUT2D eigenvalue weighted by Crippen LogP contribution is 2.20. The van der Waals surface area contributed by atoms with Crippen LogP contribution < -0.4 is 4.74 Å². The summed E-state index contributed by atoms with van der Waals surface area (Å²) in [6, 6.07) is 7.37. The summed E-state index contributed by atoms with van der Waals surface area (Å²) in [5.41, 5.74) is 2.75. The predicted octanol–water partition coefficient (Wildman–Crippen LogP) is 4.19. The molecule has 0 aliphatic carbocycles.